The summed E-state index contributed by atoms with van der Waals surface area (Å²) in [6.07, 6.45) is 1.48. The number of methoxy groups -OCH3 is 1. The largest absolute Gasteiger partial charge is 0.496 e. The van der Waals surface area contributed by atoms with E-state index in [0.717, 1.165) is 27.8 Å². The third kappa shape index (κ3) is 2.92. The predicted molar refractivity (Wildman–Crippen MR) is 76.6 cm³/mol. The van der Waals surface area contributed by atoms with Crippen LogP contribution in [0, 0.1) is 5.92 Å². The van der Waals surface area contributed by atoms with Crippen molar-refractivity contribution in [3.05, 3.63) is 27.7 Å². The van der Waals surface area contributed by atoms with E-state index in [-0.39, 0.29) is 12.0 Å². The first-order chi connectivity index (χ1) is 9.06. The topological polar surface area (TPSA) is 58.6 Å². The number of halogens is 1. The van der Waals surface area contributed by atoms with Crippen molar-refractivity contribution in [2.45, 2.75) is 25.8 Å². The maximum atomic E-state index is 11.0. The monoisotopic (exact) mass is 327 g/mol. The third-order valence-electron chi connectivity index (χ3n) is 3.60. The van der Waals surface area contributed by atoms with Crippen LogP contribution in [0.2, 0.25) is 0 Å². The Labute approximate surface area is 121 Å². The molecule has 1 heterocycles. The second-order valence-corrected chi connectivity index (χ2v) is 5.69. The van der Waals surface area contributed by atoms with Gasteiger partial charge in [-0.05, 0) is 30.5 Å². The van der Waals surface area contributed by atoms with E-state index >= 15 is 0 Å². The van der Waals surface area contributed by atoms with Gasteiger partial charge in [0.15, 0.2) is 0 Å². The highest BCUT2D eigenvalue weighted by Gasteiger charge is 2.32. The fraction of sp³-hybridized carbons (Fsp3) is 0.500. The summed E-state index contributed by atoms with van der Waals surface area (Å²) in [5.74, 6) is -0.187. The fourth-order valence-electron chi connectivity index (χ4n) is 2.60. The number of aryl methyl sites for hydroxylation is 1. The summed E-state index contributed by atoms with van der Waals surface area (Å²) in [7, 11) is 1.66. The third-order valence-corrected chi connectivity index (χ3v) is 4.06. The van der Waals surface area contributed by atoms with Crippen LogP contribution < -0.4 is 10.1 Å². The normalized spacial score (nSPS) is 22.5. The molecule has 0 bridgehead atoms. The van der Waals surface area contributed by atoms with Gasteiger partial charge in [-0.3, -0.25) is 4.79 Å². The van der Waals surface area contributed by atoms with Crippen molar-refractivity contribution in [1.29, 1.82) is 0 Å². The minimum Gasteiger partial charge on any atom is -0.496 e. The molecule has 5 heteroatoms. The molecule has 1 aliphatic rings. The van der Waals surface area contributed by atoms with Gasteiger partial charge >= 0.3 is 5.97 Å². The first-order valence-corrected chi connectivity index (χ1v) is 7.18. The van der Waals surface area contributed by atoms with Crippen molar-refractivity contribution in [1.82, 2.24) is 5.32 Å². The van der Waals surface area contributed by atoms with E-state index in [2.05, 4.69) is 28.2 Å². The second-order valence-electron chi connectivity index (χ2n) is 4.77. The molecular formula is C14H18BrNO3. The summed E-state index contributed by atoms with van der Waals surface area (Å²) in [6, 6.07) is 4.10. The summed E-state index contributed by atoms with van der Waals surface area (Å²) in [6.45, 7) is 2.59. The summed E-state index contributed by atoms with van der Waals surface area (Å²) in [4.78, 5) is 11.0. The van der Waals surface area contributed by atoms with Gasteiger partial charge in [-0.1, -0.05) is 22.9 Å². The number of hydrogen-bond acceptors (Lipinski definition) is 3. The summed E-state index contributed by atoms with van der Waals surface area (Å²) >= 11 is 3.51. The number of hydrogen-bond donors (Lipinski definition) is 2. The predicted octanol–water partition coefficient (Wildman–Crippen LogP) is 2.76. The van der Waals surface area contributed by atoms with Crippen LogP contribution in [0.25, 0.3) is 0 Å². The van der Waals surface area contributed by atoms with E-state index in [4.69, 9.17) is 9.84 Å². The zero-order chi connectivity index (χ0) is 14.0. The quantitative estimate of drug-likeness (QED) is 0.892. The van der Waals surface area contributed by atoms with Crippen LogP contribution in [0.3, 0.4) is 0 Å². The molecule has 19 heavy (non-hydrogen) atoms. The lowest BCUT2D eigenvalue weighted by Gasteiger charge is -2.18. The molecule has 0 spiro atoms. The first kappa shape index (κ1) is 14.3. The van der Waals surface area contributed by atoms with Gasteiger partial charge in [0, 0.05) is 22.6 Å². The lowest BCUT2D eigenvalue weighted by molar-refractivity contribution is -0.141. The van der Waals surface area contributed by atoms with E-state index in [1.807, 2.05) is 12.1 Å². The van der Waals surface area contributed by atoms with Crippen LogP contribution in [0.4, 0.5) is 0 Å². The van der Waals surface area contributed by atoms with Crippen LogP contribution >= 0.6 is 15.9 Å². The summed E-state index contributed by atoms with van der Waals surface area (Å²) in [5, 5.41) is 12.4. The van der Waals surface area contributed by atoms with Gasteiger partial charge in [-0.2, -0.15) is 0 Å². The van der Waals surface area contributed by atoms with Crippen molar-refractivity contribution in [2.75, 3.05) is 13.7 Å². The molecule has 2 unspecified atom stereocenters. The number of carboxylic acid groups (broad SMARTS) is 1. The van der Waals surface area contributed by atoms with Gasteiger partial charge in [0.05, 0.1) is 13.0 Å². The van der Waals surface area contributed by atoms with Crippen molar-refractivity contribution in [3.63, 3.8) is 0 Å². The van der Waals surface area contributed by atoms with Gasteiger partial charge in [-0.25, -0.2) is 0 Å². The van der Waals surface area contributed by atoms with Crippen molar-refractivity contribution in [2.24, 2.45) is 5.92 Å². The average Bonchev–Trinajstić information content (AvgIpc) is 2.87. The molecule has 0 radical (unpaired) electrons. The average molecular weight is 328 g/mol. The standard InChI is InChI=1S/C14H18BrNO3/c1-3-8-4-10(15)6-11(13(8)19-2)12-5-9(7-16-12)14(17)18/h4,6,9,12,16H,3,5,7H2,1-2H3,(H,17,18). The molecule has 104 valence electrons. The first-order valence-electron chi connectivity index (χ1n) is 6.39. The van der Waals surface area contributed by atoms with Gasteiger partial charge < -0.3 is 15.2 Å². The minimum atomic E-state index is -0.736. The minimum absolute atomic E-state index is 0.0406. The maximum absolute atomic E-state index is 11.0. The molecule has 0 aliphatic carbocycles. The Morgan fingerprint density at radius 1 is 1.58 bits per heavy atom. The molecular weight excluding hydrogens is 310 g/mol. The molecule has 0 aromatic heterocycles. The van der Waals surface area contributed by atoms with Gasteiger partial charge in [0.1, 0.15) is 5.75 Å². The molecule has 2 rings (SSSR count). The molecule has 1 saturated heterocycles. The molecule has 1 fully saturated rings. The molecule has 2 atom stereocenters. The Hall–Kier alpha value is -1.07. The van der Waals surface area contributed by atoms with E-state index < -0.39 is 5.97 Å². The van der Waals surface area contributed by atoms with Crippen LogP contribution in [0.5, 0.6) is 5.75 Å². The summed E-state index contributed by atoms with van der Waals surface area (Å²) < 4.78 is 6.52. The number of carbonyl (C=O) groups is 1. The van der Waals surface area contributed by atoms with E-state index in [9.17, 15) is 4.79 Å². The lowest BCUT2D eigenvalue weighted by atomic mass is 9.96. The number of carboxylic acids is 1. The molecule has 2 N–H and O–H groups in total. The molecule has 0 saturated carbocycles. The van der Waals surface area contributed by atoms with Crippen LogP contribution in [-0.2, 0) is 11.2 Å². The summed E-state index contributed by atoms with van der Waals surface area (Å²) in [5.41, 5.74) is 2.17. The molecule has 0 amide bonds. The Bertz CT molecular complexity index is 490. The maximum Gasteiger partial charge on any atom is 0.307 e. The highest BCUT2D eigenvalue weighted by molar-refractivity contribution is 9.10. The number of benzene rings is 1. The smallest absolute Gasteiger partial charge is 0.307 e. The van der Waals surface area contributed by atoms with E-state index in [1.165, 1.54) is 0 Å². The van der Waals surface area contributed by atoms with Gasteiger partial charge in [0.25, 0.3) is 0 Å². The van der Waals surface area contributed by atoms with Crippen LogP contribution in [0.15, 0.2) is 16.6 Å². The SMILES string of the molecule is CCc1cc(Br)cc(C2CC(C(=O)O)CN2)c1OC. The lowest BCUT2D eigenvalue weighted by Crippen LogP contribution is -2.17. The Morgan fingerprint density at radius 2 is 2.32 bits per heavy atom. The van der Waals surface area contributed by atoms with Crippen LogP contribution in [0.1, 0.15) is 30.5 Å². The Kier molecular flexibility index (Phi) is 4.47. The van der Waals surface area contributed by atoms with Crippen LogP contribution in [-0.4, -0.2) is 24.7 Å². The van der Waals surface area contributed by atoms with Crippen molar-refractivity contribution >= 4 is 21.9 Å². The molecule has 1 aliphatic heterocycles. The van der Waals surface area contributed by atoms with E-state index in [1.54, 1.807) is 7.11 Å². The number of rotatable bonds is 4. The number of aliphatic carboxylic acids is 1. The van der Waals surface area contributed by atoms with Gasteiger partial charge in [-0.15, -0.1) is 0 Å². The number of ether oxygens (including phenoxy) is 1. The van der Waals surface area contributed by atoms with E-state index in [0.29, 0.717) is 13.0 Å². The Balaban J connectivity index is 2.34. The Morgan fingerprint density at radius 3 is 2.84 bits per heavy atom. The van der Waals surface area contributed by atoms with Gasteiger partial charge in [0.2, 0.25) is 0 Å². The van der Waals surface area contributed by atoms with Crippen molar-refractivity contribution in [3.8, 4) is 5.75 Å². The van der Waals surface area contributed by atoms with Crippen molar-refractivity contribution < 1.29 is 14.6 Å². The molecule has 1 aromatic rings. The zero-order valence-electron chi connectivity index (χ0n) is 11.1. The zero-order valence-corrected chi connectivity index (χ0v) is 12.7. The fourth-order valence-corrected chi connectivity index (χ4v) is 3.13. The number of nitrogens with one attached hydrogen (secondary N) is 1. The second kappa shape index (κ2) is 5.92. The molecule has 4 nitrogen and oxygen atoms in total. The highest BCUT2D eigenvalue weighted by Crippen LogP contribution is 2.37. The molecule has 1 aromatic carbocycles. The highest BCUT2D eigenvalue weighted by atomic mass is 79.9.